The molecule has 0 saturated heterocycles. The average molecular weight is 246 g/mol. The van der Waals surface area contributed by atoms with Gasteiger partial charge < -0.3 is 9.73 Å². The fourth-order valence-electron chi connectivity index (χ4n) is 2.19. The van der Waals surface area contributed by atoms with Crippen molar-refractivity contribution in [2.24, 2.45) is 0 Å². The molecule has 1 heterocycles. The van der Waals surface area contributed by atoms with Crippen LogP contribution in [0.2, 0.25) is 0 Å². The lowest BCUT2D eigenvalue weighted by molar-refractivity contribution is 0.147. The van der Waals surface area contributed by atoms with Gasteiger partial charge in [0.25, 0.3) is 0 Å². The zero-order valence-electron chi connectivity index (χ0n) is 11.7. The maximum atomic E-state index is 5.58. The topological polar surface area (TPSA) is 28.4 Å². The highest BCUT2D eigenvalue weighted by atomic mass is 16.3. The van der Waals surface area contributed by atoms with Crippen molar-refractivity contribution in [2.75, 3.05) is 20.6 Å². The molecule has 2 rings (SSSR count). The molecule has 0 unspecified atom stereocenters. The molecule has 0 bridgehead atoms. The van der Waals surface area contributed by atoms with Gasteiger partial charge in [-0.2, -0.15) is 0 Å². The molecule has 98 valence electrons. The maximum absolute atomic E-state index is 5.58. The van der Waals surface area contributed by atoms with E-state index in [1.54, 1.807) is 0 Å². The monoisotopic (exact) mass is 246 g/mol. The second-order valence-corrected chi connectivity index (χ2v) is 5.46. The Labute approximate surface area is 109 Å². The number of benzene rings is 1. The first-order chi connectivity index (χ1) is 8.54. The average Bonchev–Trinajstić information content (AvgIpc) is 2.73. The van der Waals surface area contributed by atoms with Crippen LogP contribution in [0.25, 0.3) is 11.0 Å². The molecular weight excluding hydrogens is 224 g/mol. The fraction of sp³-hybridized carbons (Fsp3) is 0.467. The van der Waals surface area contributed by atoms with Gasteiger partial charge in [0.15, 0.2) is 0 Å². The van der Waals surface area contributed by atoms with Crippen LogP contribution in [0.1, 0.15) is 19.4 Å². The summed E-state index contributed by atoms with van der Waals surface area (Å²) in [5, 5.41) is 4.45. The molecule has 18 heavy (non-hydrogen) atoms. The number of likely N-dealkylation sites (N-methyl/N-ethyl adjacent to an activating group) is 2. The normalized spacial score (nSPS) is 12.5. The molecule has 0 atom stereocenters. The lowest BCUT2D eigenvalue weighted by atomic mass is 10.0. The molecule has 1 aromatic carbocycles. The number of furan rings is 1. The number of hydrogen-bond donors (Lipinski definition) is 1. The molecule has 0 fully saturated rings. The molecule has 0 aliphatic rings. The first-order valence-electron chi connectivity index (χ1n) is 6.35. The van der Waals surface area contributed by atoms with E-state index < -0.39 is 0 Å². The molecule has 3 nitrogen and oxygen atoms in total. The molecule has 0 aliphatic carbocycles. The van der Waals surface area contributed by atoms with Gasteiger partial charge in [-0.15, -0.1) is 0 Å². The van der Waals surface area contributed by atoms with Crippen molar-refractivity contribution in [3.8, 4) is 0 Å². The van der Waals surface area contributed by atoms with Gasteiger partial charge in [0.1, 0.15) is 5.58 Å². The maximum Gasteiger partial charge on any atom is 0.134 e. The summed E-state index contributed by atoms with van der Waals surface area (Å²) in [6.07, 6.45) is 1.87. The smallest absolute Gasteiger partial charge is 0.134 e. The van der Waals surface area contributed by atoms with Gasteiger partial charge in [-0.25, -0.2) is 0 Å². The van der Waals surface area contributed by atoms with Crippen molar-refractivity contribution in [1.29, 1.82) is 0 Å². The quantitative estimate of drug-likeness (QED) is 0.879. The van der Waals surface area contributed by atoms with Crippen molar-refractivity contribution in [3.63, 3.8) is 0 Å². The molecule has 0 saturated carbocycles. The van der Waals surface area contributed by atoms with Crippen LogP contribution >= 0.6 is 0 Å². The van der Waals surface area contributed by atoms with Crippen molar-refractivity contribution in [1.82, 2.24) is 10.2 Å². The van der Waals surface area contributed by atoms with Crippen molar-refractivity contribution in [3.05, 3.63) is 36.1 Å². The van der Waals surface area contributed by atoms with Crippen molar-refractivity contribution in [2.45, 2.75) is 25.9 Å². The van der Waals surface area contributed by atoms with Gasteiger partial charge in [-0.1, -0.05) is 18.2 Å². The van der Waals surface area contributed by atoms with Crippen LogP contribution in [0.5, 0.6) is 0 Å². The predicted molar refractivity (Wildman–Crippen MR) is 75.7 cm³/mol. The van der Waals surface area contributed by atoms with E-state index in [1.165, 1.54) is 10.9 Å². The number of nitrogens with one attached hydrogen (secondary N) is 1. The van der Waals surface area contributed by atoms with E-state index >= 15 is 0 Å². The Morgan fingerprint density at radius 3 is 2.72 bits per heavy atom. The minimum atomic E-state index is 0.118. The number of para-hydroxylation sites is 1. The summed E-state index contributed by atoms with van der Waals surface area (Å²) in [6, 6.07) is 8.19. The van der Waals surface area contributed by atoms with E-state index in [0.29, 0.717) is 0 Å². The number of hydrogen-bond acceptors (Lipinski definition) is 3. The number of fused-ring (bicyclic) bond motifs is 1. The van der Waals surface area contributed by atoms with E-state index in [9.17, 15) is 0 Å². The molecule has 3 heteroatoms. The van der Waals surface area contributed by atoms with Crippen molar-refractivity contribution < 1.29 is 4.42 Å². The van der Waals surface area contributed by atoms with E-state index in [4.69, 9.17) is 4.42 Å². The molecule has 1 aromatic heterocycles. The Kier molecular flexibility index (Phi) is 3.73. The molecular formula is C15H22N2O. The van der Waals surface area contributed by atoms with E-state index in [-0.39, 0.29) is 5.54 Å². The van der Waals surface area contributed by atoms with Crippen LogP contribution in [0.3, 0.4) is 0 Å². The van der Waals surface area contributed by atoms with Gasteiger partial charge in [0.05, 0.1) is 6.26 Å². The lowest BCUT2D eigenvalue weighted by Gasteiger charge is -2.35. The summed E-state index contributed by atoms with van der Waals surface area (Å²) < 4.78 is 5.58. The van der Waals surface area contributed by atoms with Gasteiger partial charge in [-0.05, 0) is 34.0 Å². The molecule has 0 spiro atoms. The third kappa shape index (κ3) is 2.57. The van der Waals surface area contributed by atoms with Crippen LogP contribution in [-0.2, 0) is 6.54 Å². The number of rotatable bonds is 5. The third-order valence-corrected chi connectivity index (χ3v) is 3.61. The largest absolute Gasteiger partial charge is 0.464 e. The second-order valence-electron chi connectivity index (χ2n) is 5.46. The highest BCUT2D eigenvalue weighted by Crippen LogP contribution is 2.24. The van der Waals surface area contributed by atoms with Crippen LogP contribution < -0.4 is 5.32 Å². The summed E-state index contributed by atoms with van der Waals surface area (Å²) in [5.41, 5.74) is 2.33. The Hall–Kier alpha value is -1.32. The Bertz CT molecular complexity index is 516. The standard InChI is InChI=1S/C15H22N2O/c1-15(2,11-16-3)17(4)9-12-10-18-14-8-6-5-7-13(12)14/h5-8,10,16H,9,11H2,1-4H3. The molecule has 0 aliphatic heterocycles. The second kappa shape index (κ2) is 5.12. The predicted octanol–water partition coefficient (Wildman–Crippen LogP) is 2.86. The highest BCUT2D eigenvalue weighted by Gasteiger charge is 2.23. The molecule has 1 N–H and O–H groups in total. The van der Waals surface area contributed by atoms with Crippen molar-refractivity contribution >= 4 is 11.0 Å². The fourth-order valence-corrected chi connectivity index (χ4v) is 2.19. The van der Waals surface area contributed by atoms with Crippen LogP contribution in [0.4, 0.5) is 0 Å². The van der Waals surface area contributed by atoms with E-state index in [0.717, 1.165) is 18.7 Å². The lowest BCUT2D eigenvalue weighted by Crippen LogP contribution is -2.47. The third-order valence-electron chi connectivity index (χ3n) is 3.61. The minimum absolute atomic E-state index is 0.118. The first kappa shape index (κ1) is 13.1. The van der Waals surface area contributed by atoms with Crippen LogP contribution in [0.15, 0.2) is 34.9 Å². The summed E-state index contributed by atoms with van der Waals surface area (Å²) in [4.78, 5) is 2.35. The van der Waals surface area contributed by atoms with Crippen LogP contribution in [0, 0.1) is 0 Å². The molecule has 0 amide bonds. The highest BCUT2D eigenvalue weighted by molar-refractivity contribution is 5.80. The minimum Gasteiger partial charge on any atom is -0.464 e. The summed E-state index contributed by atoms with van der Waals surface area (Å²) in [7, 11) is 4.14. The SMILES string of the molecule is CNCC(C)(C)N(C)Cc1coc2ccccc12. The zero-order valence-corrected chi connectivity index (χ0v) is 11.7. The Balaban J connectivity index is 2.19. The van der Waals surface area contributed by atoms with Gasteiger partial charge in [0, 0.05) is 29.6 Å². The van der Waals surface area contributed by atoms with Gasteiger partial charge in [0.2, 0.25) is 0 Å². The first-order valence-corrected chi connectivity index (χ1v) is 6.35. The zero-order chi connectivity index (χ0) is 13.2. The molecule has 2 aromatic rings. The van der Waals surface area contributed by atoms with Gasteiger partial charge >= 0.3 is 0 Å². The summed E-state index contributed by atoms with van der Waals surface area (Å²) >= 11 is 0. The van der Waals surface area contributed by atoms with Gasteiger partial charge in [-0.3, -0.25) is 4.90 Å². The summed E-state index contributed by atoms with van der Waals surface area (Å²) in [5.74, 6) is 0. The van der Waals surface area contributed by atoms with E-state index in [1.807, 2.05) is 25.4 Å². The van der Waals surface area contributed by atoms with Crippen LogP contribution in [-0.4, -0.2) is 31.1 Å². The molecule has 0 radical (unpaired) electrons. The summed E-state index contributed by atoms with van der Waals surface area (Å²) in [6.45, 7) is 6.34. The Morgan fingerprint density at radius 1 is 1.28 bits per heavy atom. The number of nitrogens with zero attached hydrogens (tertiary/aromatic N) is 1. The Morgan fingerprint density at radius 2 is 2.00 bits per heavy atom. The van der Waals surface area contributed by atoms with E-state index in [2.05, 4.69) is 43.2 Å².